The number of fused-ring (bicyclic) bond motifs is 1. The van der Waals surface area contributed by atoms with Crippen molar-refractivity contribution in [1.29, 1.82) is 0 Å². The molecule has 7 nitrogen and oxygen atoms in total. The molecule has 1 aliphatic heterocycles. The number of nitrogens with zero attached hydrogens (tertiary/aromatic N) is 2. The largest absolute Gasteiger partial charge is 0.299 e. The number of hydrogen-bond acceptors (Lipinski definition) is 5. The first-order valence-electron chi connectivity index (χ1n) is 10.8. The highest BCUT2D eigenvalue weighted by Gasteiger charge is 2.42. The molecule has 1 atom stereocenters. The highest BCUT2D eigenvalue weighted by Crippen LogP contribution is 2.27. The van der Waals surface area contributed by atoms with Crippen molar-refractivity contribution in [3.8, 4) is 0 Å². The van der Waals surface area contributed by atoms with Crippen LogP contribution in [0, 0.1) is 6.92 Å². The van der Waals surface area contributed by atoms with Crippen molar-refractivity contribution in [3.05, 3.63) is 74.8 Å². The molecule has 2 amide bonds. The van der Waals surface area contributed by atoms with E-state index in [2.05, 4.69) is 10.3 Å². The molecule has 1 aliphatic rings. The number of ketones is 1. The fourth-order valence-electron chi connectivity index (χ4n) is 4.29. The van der Waals surface area contributed by atoms with Crippen molar-refractivity contribution in [2.45, 2.75) is 51.5 Å². The van der Waals surface area contributed by atoms with Crippen LogP contribution in [0.2, 0.25) is 5.02 Å². The number of carbonyl (C=O) groups excluding carboxylic acids is 3. The minimum Gasteiger partial charge on any atom is -0.299 e. The average molecular weight is 466 g/mol. The summed E-state index contributed by atoms with van der Waals surface area (Å²) in [5.41, 5.74) is 0.748. The minimum atomic E-state index is -1.19. The monoisotopic (exact) mass is 465 g/mol. The van der Waals surface area contributed by atoms with Gasteiger partial charge < -0.3 is 0 Å². The van der Waals surface area contributed by atoms with Gasteiger partial charge in [-0.15, -0.1) is 0 Å². The van der Waals surface area contributed by atoms with Gasteiger partial charge in [-0.05, 0) is 62.1 Å². The minimum absolute atomic E-state index is 0.0907. The number of imide groups is 1. The Balaban J connectivity index is 1.58. The van der Waals surface area contributed by atoms with Gasteiger partial charge in [0.25, 0.3) is 11.5 Å². The number of Topliss-reactive ketones (excluding diaryl/α,β-unsaturated/α-hetero) is 1. The molecular formula is C25H24ClN3O4. The maximum atomic E-state index is 13.4. The third kappa shape index (κ3) is 4.59. The molecule has 4 rings (SSSR count). The van der Waals surface area contributed by atoms with Crippen molar-refractivity contribution in [2.75, 3.05) is 0 Å². The van der Waals surface area contributed by atoms with Crippen LogP contribution in [0.5, 0.6) is 0 Å². The molecule has 1 aromatic heterocycles. The molecule has 8 heteroatoms. The second-order valence-electron chi connectivity index (χ2n) is 8.64. The fraction of sp³-hybridized carbons (Fsp3) is 0.320. The molecular weight excluding hydrogens is 442 g/mol. The Hall–Kier alpha value is -3.32. The van der Waals surface area contributed by atoms with E-state index in [0.717, 1.165) is 11.1 Å². The van der Waals surface area contributed by atoms with E-state index in [1.807, 2.05) is 18.2 Å². The van der Waals surface area contributed by atoms with Crippen molar-refractivity contribution in [1.82, 2.24) is 14.9 Å². The number of carbonyl (C=O) groups is 3. The van der Waals surface area contributed by atoms with Crippen molar-refractivity contribution in [2.24, 2.45) is 0 Å². The Labute approximate surface area is 195 Å². The van der Waals surface area contributed by atoms with Gasteiger partial charge in [0.1, 0.15) is 17.1 Å². The molecule has 0 aliphatic carbocycles. The normalized spacial score (nSPS) is 18.4. The molecule has 1 fully saturated rings. The molecule has 3 aromatic rings. The molecule has 33 heavy (non-hydrogen) atoms. The van der Waals surface area contributed by atoms with Crippen molar-refractivity contribution in [3.63, 3.8) is 0 Å². The van der Waals surface area contributed by atoms with Gasteiger partial charge in [0, 0.05) is 24.3 Å². The second kappa shape index (κ2) is 8.90. The van der Waals surface area contributed by atoms with Crippen molar-refractivity contribution < 1.29 is 14.4 Å². The highest BCUT2D eigenvalue weighted by molar-refractivity contribution is 6.30. The Bertz CT molecular complexity index is 1330. The first-order chi connectivity index (χ1) is 15.7. The summed E-state index contributed by atoms with van der Waals surface area (Å²) in [5, 5.41) is 3.34. The van der Waals surface area contributed by atoms with Crippen LogP contribution in [0.4, 0.5) is 0 Å². The van der Waals surface area contributed by atoms with Crippen molar-refractivity contribution >= 4 is 40.1 Å². The highest BCUT2D eigenvalue weighted by atomic mass is 35.5. The van der Waals surface area contributed by atoms with E-state index >= 15 is 0 Å². The predicted molar refractivity (Wildman–Crippen MR) is 125 cm³/mol. The van der Waals surface area contributed by atoms with E-state index in [9.17, 15) is 19.2 Å². The van der Waals surface area contributed by atoms with Crippen LogP contribution in [0.1, 0.15) is 43.1 Å². The van der Waals surface area contributed by atoms with E-state index in [1.54, 1.807) is 38.1 Å². The summed E-state index contributed by atoms with van der Waals surface area (Å²) in [4.78, 5) is 54.6. The third-order valence-electron chi connectivity index (χ3n) is 6.18. The molecule has 2 aromatic carbocycles. The topological polar surface area (TPSA) is 98.1 Å². The number of halogens is 1. The van der Waals surface area contributed by atoms with Crippen LogP contribution in [-0.4, -0.2) is 27.1 Å². The molecule has 1 saturated heterocycles. The van der Waals surface area contributed by atoms with E-state index < -0.39 is 11.4 Å². The lowest BCUT2D eigenvalue weighted by molar-refractivity contribution is -0.140. The SMILES string of the molecule is Cc1nc2ccc(CCC(=O)Cc3ccc(Cl)cc3)cc2c(=O)n1[C@]1(C)CCC(=O)NC1=O. The zero-order valence-electron chi connectivity index (χ0n) is 18.5. The molecule has 0 unspecified atom stereocenters. The molecule has 0 spiro atoms. The van der Waals surface area contributed by atoms with Crippen LogP contribution >= 0.6 is 11.6 Å². The molecule has 1 N–H and O–H groups in total. The summed E-state index contributed by atoms with van der Waals surface area (Å²) >= 11 is 5.89. The van der Waals surface area contributed by atoms with E-state index in [0.29, 0.717) is 41.0 Å². The molecule has 170 valence electrons. The summed E-state index contributed by atoms with van der Waals surface area (Å²) in [6.45, 7) is 3.33. The Morgan fingerprint density at radius 2 is 1.82 bits per heavy atom. The van der Waals surface area contributed by atoms with Crippen LogP contribution in [0.15, 0.2) is 47.3 Å². The summed E-state index contributed by atoms with van der Waals surface area (Å²) in [6, 6.07) is 12.6. The number of rotatable bonds is 6. The van der Waals surface area contributed by atoms with Gasteiger partial charge >= 0.3 is 0 Å². The van der Waals surface area contributed by atoms with E-state index in [-0.39, 0.29) is 30.1 Å². The fourth-order valence-corrected chi connectivity index (χ4v) is 4.42. The number of amides is 2. The summed E-state index contributed by atoms with van der Waals surface area (Å²) in [5.74, 6) is -0.352. The Morgan fingerprint density at radius 3 is 2.52 bits per heavy atom. The molecule has 0 bridgehead atoms. The second-order valence-corrected chi connectivity index (χ2v) is 9.08. The first-order valence-corrected chi connectivity index (χ1v) is 11.2. The van der Waals surface area contributed by atoms with Crippen LogP contribution in [0.25, 0.3) is 10.9 Å². The number of aryl methyl sites for hydroxylation is 2. The summed E-state index contributed by atoms with van der Waals surface area (Å²) in [7, 11) is 0. The molecule has 0 saturated carbocycles. The van der Waals surface area contributed by atoms with Gasteiger partial charge in [0.15, 0.2) is 0 Å². The van der Waals surface area contributed by atoms with Crippen LogP contribution in [-0.2, 0) is 32.8 Å². The lowest BCUT2D eigenvalue weighted by Gasteiger charge is -2.34. The lowest BCUT2D eigenvalue weighted by atomic mass is 9.90. The average Bonchev–Trinajstić information content (AvgIpc) is 2.77. The van der Waals surface area contributed by atoms with Crippen LogP contribution in [0.3, 0.4) is 0 Å². The van der Waals surface area contributed by atoms with Crippen LogP contribution < -0.4 is 10.9 Å². The van der Waals surface area contributed by atoms with Gasteiger partial charge in [-0.25, -0.2) is 4.98 Å². The number of aromatic nitrogens is 2. The predicted octanol–water partition coefficient (Wildman–Crippen LogP) is 3.25. The lowest BCUT2D eigenvalue weighted by Crippen LogP contribution is -2.56. The van der Waals surface area contributed by atoms with Gasteiger partial charge in [-0.1, -0.05) is 29.8 Å². The number of nitrogens with one attached hydrogen (secondary N) is 1. The molecule has 2 heterocycles. The zero-order valence-corrected chi connectivity index (χ0v) is 19.2. The quantitative estimate of drug-likeness (QED) is 0.563. The number of piperidine rings is 1. The Morgan fingerprint density at radius 1 is 1.12 bits per heavy atom. The molecule has 0 radical (unpaired) electrons. The first kappa shape index (κ1) is 22.9. The van der Waals surface area contributed by atoms with Gasteiger partial charge in [-0.2, -0.15) is 0 Å². The summed E-state index contributed by atoms with van der Waals surface area (Å²) in [6.07, 6.45) is 1.53. The standard InChI is InChI=1S/C25H24ClN3O4/c1-15-27-21-10-6-17(5-9-19(30)13-16-3-7-18(26)8-4-16)14-20(21)23(32)29(15)25(2)12-11-22(31)28-24(25)33/h3-4,6-8,10,14H,5,9,11-13H2,1-2H3,(H,28,31,33)/t25-/m1/s1. The number of benzene rings is 2. The maximum absolute atomic E-state index is 13.4. The van der Waals surface area contributed by atoms with Gasteiger partial charge in [0.05, 0.1) is 10.9 Å². The van der Waals surface area contributed by atoms with Gasteiger partial charge in [-0.3, -0.25) is 29.1 Å². The van der Waals surface area contributed by atoms with E-state index in [1.165, 1.54) is 4.57 Å². The van der Waals surface area contributed by atoms with Gasteiger partial charge in [0.2, 0.25) is 5.91 Å². The third-order valence-corrected chi connectivity index (χ3v) is 6.43. The van der Waals surface area contributed by atoms with E-state index in [4.69, 9.17) is 11.6 Å². The zero-order chi connectivity index (χ0) is 23.8. The smallest absolute Gasteiger partial charge is 0.262 e. The maximum Gasteiger partial charge on any atom is 0.262 e. The number of hydrogen-bond donors (Lipinski definition) is 1. The Kier molecular flexibility index (Phi) is 6.17. The summed E-state index contributed by atoms with van der Waals surface area (Å²) < 4.78 is 1.38.